The molecule has 0 aliphatic rings. The molecule has 0 bridgehead atoms. The van der Waals surface area contributed by atoms with Crippen LogP contribution in [0.2, 0.25) is 19.6 Å². The second kappa shape index (κ2) is 5.25. The molecule has 0 atom stereocenters. The van der Waals surface area contributed by atoms with E-state index < -0.39 is 8.96 Å². The van der Waals surface area contributed by atoms with E-state index in [2.05, 4.69) is 42.2 Å². The van der Waals surface area contributed by atoms with Crippen molar-refractivity contribution in [2.24, 2.45) is 0 Å². The molecule has 0 aromatic carbocycles. The first-order valence-electron chi connectivity index (χ1n) is 3.96. The van der Waals surface area contributed by atoms with Gasteiger partial charge in [-0.25, -0.2) is 0 Å². The Morgan fingerprint density at radius 2 is 1.70 bits per heavy atom. The van der Waals surface area contributed by atoms with E-state index in [4.69, 9.17) is 0 Å². The van der Waals surface area contributed by atoms with Crippen molar-refractivity contribution in [2.75, 3.05) is 14.1 Å². The minimum Gasteiger partial charge on any atom is -0.369 e. The lowest BCUT2D eigenvalue weighted by Gasteiger charge is -2.26. The number of hydrogen-bond acceptors (Lipinski definition) is 2. The van der Waals surface area contributed by atoms with Gasteiger partial charge in [0.15, 0.2) is 9.84 Å². The van der Waals surface area contributed by atoms with Gasteiger partial charge in [0.05, 0.1) is 18.6 Å². The van der Waals surface area contributed by atoms with Gasteiger partial charge in [-0.1, -0.05) is 19.6 Å². The van der Waals surface area contributed by atoms with Crippen LogP contribution < -0.4 is 0 Å². The van der Waals surface area contributed by atoms with Crippen LogP contribution in [0.25, 0.3) is 0 Å². The summed E-state index contributed by atoms with van der Waals surface area (Å²) in [7, 11) is 4.15. The maximum atomic E-state index is 2.83. The van der Waals surface area contributed by atoms with Crippen LogP contribution in [0.3, 0.4) is 0 Å². The molecule has 0 unspecified atom stereocenters. The lowest BCUT2D eigenvalue weighted by atomic mass is 11.3. The van der Waals surface area contributed by atoms with Crippen molar-refractivity contribution in [3.63, 3.8) is 0 Å². The lowest BCUT2D eigenvalue weighted by Crippen LogP contribution is -2.45. The SMILES string of the molecule is C[SiH2]N([SiH2]N(C)C)[SiH](C)C. The van der Waals surface area contributed by atoms with E-state index in [-0.39, 0.29) is 19.5 Å². The molecule has 0 rings (SSSR count). The van der Waals surface area contributed by atoms with Crippen molar-refractivity contribution in [1.29, 1.82) is 0 Å². The highest BCUT2D eigenvalue weighted by Gasteiger charge is 2.08. The predicted octanol–water partition coefficient (Wildman–Crippen LogP) is -1.04. The van der Waals surface area contributed by atoms with Gasteiger partial charge in [0.1, 0.15) is 0 Å². The Hall–Kier alpha value is 0.571. The molecule has 0 fully saturated rings. The summed E-state index contributed by atoms with van der Waals surface area (Å²) < 4.78 is 5.24. The minimum atomic E-state index is -0.426. The van der Waals surface area contributed by atoms with Crippen molar-refractivity contribution in [3.05, 3.63) is 0 Å². The molecule has 0 radical (unpaired) electrons. The summed E-state index contributed by atoms with van der Waals surface area (Å²) in [4.78, 5) is 0. The maximum absolute atomic E-state index is 2.83. The van der Waals surface area contributed by atoms with Gasteiger partial charge in [-0.3, -0.25) is 0 Å². The first-order chi connectivity index (χ1) is 4.57. The first-order valence-corrected chi connectivity index (χ1v) is 10.1. The molecule has 0 aliphatic heterocycles. The Bertz CT molecular complexity index is 87.0. The van der Waals surface area contributed by atoms with Crippen molar-refractivity contribution >= 4 is 28.5 Å². The third-order valence-electron chi connectivity index (χ3n) is 1.60. The van der Waals surface area contributed by atoms with Gasteiger partial charge in [-0.15, -0.1) is 0 Å². The van der Waals surface area contributed by atoms with Crippen LogP contribution in [0.15, 0.2) is 0 Å². The largest absolute Gasteiger partial charge is 0.369 e. The topological polar surface area (TPSA) is 6.48 Å². The van der Waals surface area contributed by atoms with Crippen molar-refractivity contribution in [3.8, 4) is 0 Å². The van der Waals surface area contributed by atoms with Crippen LogP contribution in [0.4, 0.5) is 0 Å². The molecule has 0 saturated carbocycles. The highest BCUT2D eigenvalue weighted by molar-refractivity contribution is 6.72. The Kier molecular flexibility index (Phi) is 5.55. The Labute approximate surface area is 71.2 Å². The molecule has 0 heterocycles. The predicted molar refractivity (Wildman–Crippen MR) is 57.4 cm³/mol. The molecule has 0 aromatic heterocycles. The van der Waals surface area contributed by atoms with Gasteiger partial charge in [0.2, 0.25) is 0 Å². The molecule has 0 spiro atoms. The molecule has 2 nitrogen and oxygen atoms in total. The van der Waals surface area contributed by atoms with Crippen LogP contribution >= 0.6 is 0 Å². The van der Waals surface area contributed by atoms with Gasteiger partial charge < -0.3 is 8.46 Å². The van der Waals surface area contributed by atoms with E-state index >= 15 is 0 Å². The van der Waals surface area contributed by atoms with E-state index in [1.54, 1.807) is 0 Å². The average Bonchev–Trinajstić information content (AvgIpc) is 1.81. The minimum absolute atomic E-state index is 0.00270. The van der Waals surface area contributed by atoms with Crippen LogP contribution in [-0.4, -0.2) is 51.0 Å². The normalized spacial score (nSPS) is 14.4. The second-order valence-corrected chi connectivity index (χ2v) is 12.3. The quantitative estimate of drug-likeness (QED) is 0.526. The smallest absolute Gasteiger partial charge is 0.158 e. The van der Waals surface area contributed by atoms with Crippen molar-refractivity contribution in [2.45, 2.75) is 19.6 Å². The Morgan fingerprint density at radius 3 is 1.80 bits per heavy atom. The zero-order valence-corrected chi connectivity index (χ0v) is 11.9. The molecule has 0 aromatic rings. The molecule has 62 valence electrons. The van der Waals surface area contributed by atoms with Gasteiger partial charge >= 0.3 is 0 Å². The van der Waals surface area contributed by atoms with Crippen LogP contribution in [0, 0.1) is 0 Å². The Morgan fingerprint density at radius 1 is 1.20 bits per heavy atom. The third kappa shape index (κ3) is 4.40. The van der Waals surface area contributed by atoms with Crippen LogP contribution in [0.5, 0.6) is 0 Å². The number of nitrogens with zero attached hydrogens (tertiary/aromatic N) is 2. The van der Waals surface area contributed by atoms with Gasteiger partial charge in [-0.05, 0) is 14.1 Å². The van der Waals surface area contributed by atoms with E-state index in [9.17, 15) is 0 Å². The van der Waals surface area contributed by atoms with Gasteiger partial charge in [0, 0.05) is 0 Å². The number of rotatable bonds is 4. The summed E-state index contributed by atoms with van der Waals surface area (Å²) in [6.07, 6.45) is 0. The monoisotopic (exact) mass is 192 g/mol. The molecule has 0 N–H and O–H groups in total. The highest BCUT2D eigenvalue weighted by atomic mass is 28.4. The van der Waals surface area contributed by atoms with Crippen molar-refractivity contribution < 1.29 is 0 Å². The van der Waals surface area contributed by atoms with Gasteiger partial charge in [0.25, 0.3) is 0 Å². The summed E-state index contributed by atoms with van der Waals surface area (Å²) in [6.45, 7) is 7.28. The summed E-state index contributed by atoms with van der Waals surface area (Å²) >= 11 is 0. The maximum Gasteiger partial charge on any atom is 0.158 e. The number of hydrogen-bond donors (Lipinski definition) is 0. The summed E-state index contributed by atoms with van der Waals surface area (Å²) in [5.41, 5.74) is 0. The Balaban J connectivity index is 3.60. The summed E-state index contributed by atoms with van der Waals surface area (Å²) in [5, 5.41) is 0. The molecule has 0 amide bonds. The highest BCUT2D eigenvalue weighted by Crippen LogP contribution is 1.89. The molecule has 5 heteroatoms. The fourth-order valence-electron chi connectivity index (χ4n) is 0.992. The standard InChI is InChI=1S/C5H20N2Si3/c1-6(2)9-7(8-3)10(4)5/h10H,8-9H2,1-5H3. The van der Waals surface area contributed by atoms with E-state index in [0.717, 1.165) is 0 Å². The fraction of sp³-hybridized carbons (Fsp3) is 1.00. The molecule has 10 heavy (non-hydrogen) atoms. The second-order valence-electron chi connectivity index (χ2n) is 3.22. The van der Waals surface area contributed by atoms with Crippen molar-refractivity contribution in [1.82, 2.24) is 8.46 Å². The third-order valence-corrected chi connectivity index (χ3v) is 12.7. The molecular weight excluding hydrogens is 172 g/mol. The van der Waals surface area contributed by atoms with Crippen LogP contribution in [-0.2, 0) is 0 Å². The summed E-state index contributed by atoms with van der Waals surface area (Å²) in [6, 6.07) is 0. The van der Waals surface area contributed by atoms with E-state index in [0.29, 0.717) is 0 Å². The molecular formula is C5H20N2Si3. The van der Waals surface area contributed by atoms with E-state index in [1.165, 1.54) is 0 Å². The summed E-state index contributed by atoms with van der Waals surface area (Å²) in [5.74, 6) is 0. The van der Waals surface area contributed by atoms with Gasteiger partial charge in [-0.2, -0.15) is 0 Å². The first kappa shape index (κ1) is 10.6. The molecule has 0 saturated heterocycles. The zero-order valence-electron chi connectivity index (χ0n) is 7.89. The molecule has 0 aliphatic carbocycles. The lowest BCUT2D eigenvalue weighted by molar-refractivity contribution is 0.633. The fourth-order valence-corrected chi connectivity index (χ4v) is 8.93. The van der Waals surface area contributed by atoms with Crippen LogP contribution in [0.1, 0.15) is 0 Å². The zero-order chi connectivity index (χ0) is 8.15. The average molecular weight is 192 g/mol. The van der Waals surface area contributed by atoms with E-state index in [1.807, 2.05) is 0 Å².